The molecule has 1 aliphatic heterocycles. The van der Waals surface area contributed by atoms with Gasteiger partial charge in [-0.05, 0) is 37.1 Å². The molecule has 0 aliphatic carbocycles. The highest BCUT2D eigenvalue weighted by Crippen LogP contribution is 2.30. The summed E-state index contributed by atoms with van der Waals surface area (Å²) in [5, 5.41) is 1.38. The molecule has 1 unspecified atom stereocenters. The highest BCUT2D eigenvalue weighted by molar-refractivity contribution is 7.22. The third kappa shape index (κ3) is 3.59. The average Bonchev–Trinajstić information content (AvgIpc) is 3.57. The summed E-state index contributed by atoms with van der Waals surface area (Å²) in [7, 11) is 0. The minimum absolute atomic E-state index is 0.0475. The number of carbonyl (C=O) groups is 1. The fraction of sp³-hybridized carbons (Fsp3) is 0.250. The van der Waals surface area contributed by atoms with Crippen LogP contribution in [0.1, 0.15) is 12.8 Å². The molecule has 1 aliphatic rings. The van der Waals surface area contributed by atoms with Gasteiger partial charge in [-0.3, -0.25) is 19.1 Å². The Kier molecular flexibility index (Phi) is 4.92. The molecule has 8 nitrogen and oxygen atoms in total. The lowest BCUT2D eigenvalue weighted by molar-refractivity contribution is -0.119. The van der Waals surface area contributed by atoms with E-state index in [-0.39, 0.29) is 29.7 Å². The zero-order valence-electron chi connectivity index (χ0n) is 17.6. The first-order valence-electron chi connectivity index (χ1n) is 10.8. The Morgan fingerprint density at radius 3 is 2.88 bits per heavy atom. The van der Waals surface area contributed by atoms with Crippen molar-refractivity contribution in [2.75, 3.05) is 18.1 Å². The van der Waals surface area contributed by atoms with Gasteiger partial charge in [0.05, 0.1) is 29.2 Å². The molecule has 33 heavy (non-hydrogen) atoms. The van der Waals surface area contributed by atoms with Crippen LogP contribution in [-0.4, -0.2) is 39.7 Å². The van der Waals surface area contributed by atoms with Crippen LogP contribution in [0.2, 0.25) is 0 Å². The lowest BCUT2D eigenvalue weighted by Gasteiger charge is -2.23. The standard InChI is InChI=1S/C24H20N4O4S/c29-20(13-27-14-25-21-16-7-1-3-9-18(16)32-22(21)23(27)30)28(12-15-6-5-11-31-15)24-26-17-8-2-4-10-19(17)33-24/h1-4,7-10,14-15H,5-6,11-13H2. The number of aromatic nitrogens is 3. The maximum absolute atomic E-state index is 13.5. The minimum atomic E-state index is -0.383. The number of rotatable bonds is 5. The molecule has 0 N–H and O–H groups in total. The Morgan fingerprint density at radius 1 is 1.18 bits per heavy atom. The van der Waals surface area contributed by atoms with Crippen LogP contribution in [0.4, 0.5) is 5.13 Å². The molecular formula is C24H20N4O4S. The van der Waals surface area contributed by atoms with E-state index in [4.69, 9.17) is 9.15 Å². The Bertz CT molecular complexity index is 1510. The van der Waals surface area contributed by atoms with E-state index in [1.807, 2.05) is 42.5 Å². The summed E-state index contributed by atoms with van der Waals surface area (Å²) < 4.78 is 13.8. The van der Waals surface area contributed by atoms with Crippen molar-refractivity contribution in [1.82, 2.24) is 14.5 Å². The summed E-state index contributed by atoms with van der Waals surface area (Å²) in [6, 6.07) is 15.1. The molecule has 1 saturated heterocycles. The minimum Gasteiger partial charge on any atom is -0.448 e. The highest BCUT2D eigenvalue weighted by atomic mass is 32.1. The summed E-state index contributed by atoms with van der Waals surface area (Å²) in [6.07, 6.45) is 3.22. The number of benzene rings is 2. The first kappa shape index (κ1) is 20.1. The predicted octanol–water partition coefficient (Wildman–Crippen LogP) is 3.96. The quantitative estimate of drug-likeness (QED) is 0.394. The second-order valence-electron chi connectivity index (χ2n) is 8.06. The highest BCUT2D eigenvalue weighted by Gasteiger charge is 2.27. The van der Waals surface area contributed by atoms with Gasteiger partial charge in [0.15, 0.2) is 5.13 Å². The van der Waals surface area contributed by atoms with E-state index in [0.717, 1.165) is 28.4 Å². The van der Waals surface area contributed by atoms with Gasteiger partial charge in [-0.25, -0.2) is 9.97 Å². The molecular weight excluding hydrogens is 440 g/mol. The first-order chi connectivity index (χ1) is 16.2. The van der Waals surface area contributed by atoms with Crippen LogP contribution in [0.25, 0.3) is 32.3 Å². The Morgan fingerprint density at radius 2 is 2.03 bits per heavy atom. The van der Waals surface area contributed by atoms with Gasteiger partial charge in [0.2, 0.25) is 11.5 Å². The van der Waals surface area contributed by atoms with Gasteiger partial charge < -0.3 is 9.15 Å². The molecule has 1 amide bonds. The van der Waals surface area contributed by atoms with Crippen molar-refractivity contribution in [3.05, 3.63) is 65.2 Å². The normalized spacial score (nSPS) is 16.2. The number of thiazole rings is 1. The van der Waals surface area contributed by atoms with Crippen molar-refractivity contribution < 1.29 is 13.9 Å². The molecule has 9 heteroatoms. The van der Waals surface area contributed by atoms with Crippen molar-refractivity contribution >= 4 is 54.7 Å². The summed E-state index contributed by atoms with van der Waals surface area (Å²) in [5.74, 6) is -0.246. The predicted molar refractivity (Wildman–Crippen MR) is 127 cm³/mol. The van der Waals surface area contributed by atoms with Gasteiger partial charge in [-0.1, -0.05) is 35.6 Å². The lowest BCUT2D eigenvalue weighted by Crippen LogP contribution is -2.41. The van der Waals surface area contributed by atoms with Crippen LogP contribution in [0.3, 0.4) is 0 Å². The lowest BCUT2D eigenvalue weighted by atomic mass is 10.2. The molecule has 166 valence electrons. The van der Waals surface area contributed by atoms with E-state index < -0.39 is 0 Å². The van der Waals surface area contributed by atoms with Crippen molar-refractivity contribution in [2.24, 2.45) is 0 Å². The van der Waals surface area contributed by atoms with Crippen molar-refractivity contribution in [1.29, 1.82) is 0 Å². The molecule has 0 saturated carbocycles. The summed E-state index contributed by atoms with van der Waals surface area (Å²) in [4.78, 5) is 37.3. The maximum Gasteiger partial charge on any atom is 0.297 e. The van der Waals surface area contributed by atoms with Crippen molar-refractivity contribution in [3.8, 4) is 0 Å². The van der Waals surface area contributed by atoms with E-state index in [1.54, 1.807) is 11.0 Å². The monoisotopic (exact) mass is 460 g/mol. The third-order valence-electron chi connectivity index (χ3n) is 5.88. The van der Waals surface area contributed by atoms with Crippen LogP contribution in [0.5, 0.6) is 0 Å². The fourth-order valence-electron chi connectivity index (χ4n) is 4.21. The average molecular weight is 461 g/mol. The van der Waals surface area contributed by atoms with Crippen LogP contribution in [0.15, 0.2) is 64.1 Å². The number of anilines is 1. The van der Waals surface area contributed by atoms with E-state index in [0.29, 0.717) is 29.4 Å². The molecule has 1 atom stereocenters. The Balaban J connectivity index is 1.36. The number of fused-ring (bicyclic) bond motifs is 4. The van der Waals surface area contributed by atoms with Gasteiger partial charge in [-0.2, -0.15) is 0 Å². The van der Waals surface area contributed by atoms with E-state index in [9.17, 15) is 9.59 Å². The van der Waals surface area contributed by atoms with Crippen LogP contribution in [0, 0.1) is 0 Å². The number of hydrogen-bond donors (Lipinski definition) is 0. The maximum atomic E-state index is 13.5. The van der Waals surface area contributed by atoms with Crippen LogP contribution in [-0.2, 0) is 16.1 Å². The van der Waals surface area contributed by atoms with E-state index in [1.165, 1.54) is 22.2 Å². The molecule has 0 spiro atoms. The Labute approximate surface area is 192 Å². The number of carbonyl (C=O) groups excluding carboxylic acids is 1. The van der Waals surface area contributed by atoms with Crippen LogP contribution >= 0.6 is 11.3 Å². The van der Waals surface area contributed by atoms with E-state index >= 15 is 0 Å². The largest absolute Gasteiger partial charge is 0.448 e. The fourth-order valence-corrected chi connectivity index (χ4v) is 5.21. The molecule has 0 radical (unpaired) electrons. The number of ether oxygens (including phenoxy) is 1. The first-order valence-corrected chi connectivity index (χ1v) is 11.6. The molecule has 2 aromatic carbocycles. The topological polar surface area (TPSA) is 90.5 Å². The number of amides is 1. The molecule has 3 aromatic heterocycles. The van der Waals surface area contributed by atoms with Gasteiger partial charge in [-0.15, -0.1) is 0 Å². The number of nitrogens with zero attached hydrogens (tertiary/aromatic N) is 4. The van der Waals surface area contributed by atoms with Crippen molar-refractivity contribution in [3.63, 3.8) is 0 Å². The summed E-state index contributed by atoms with van der Waals surface area (Å²) in [5.41, 5.74) is 1.70. The zero-order chi connectivity index (χ0) is 22.4. The zero-order valence-corrected chi connectivity index (χ0v) is 18.5. The summed E-state index contributed by atoms with van der Waals surface area (Å²) in [6.45, 7) is 0.924. The SMILES string of the molecule is O=C(Cn1cnc2c(oc3ccccc32)c1=O)N(CC1CCCO1)c1nc2ccccc2s1. The van der Waals surface area contributed by atoms with Gasteiger partial charge >= 0.3 is 0 Å². The van der Waals surface area contributed by atoms with Gasteiger partial charge in [0, 0.05) is 12.0 Å². The van der Waals surface area contributed by atoms with Crippen LogP contribution < -0.4 is 10.5 Å². The number of para-hydroxylation sites is 2. The second-order valence-corrected chi connectivity index (χ2v) is 9.07. The molecule has 6 rings (SSSR count). The second kappa shape index (κ2) is 8.09. The van der Waals surface area contributed by atoms with E-state index in [2.05, 4.69) is 9.97 Å². The Hall–Kier alpha value is -3.56. The summed E-state index contributed by atoms with van der Waals surface area (Å²) >= 11 is 1.45. The molecule has 1 fully saturated rings. The molecule has 4 heterocycles. The number of furan rings is 1. The number of hydrogen-bond acceptors (Lipinski definition) is 7. The smallest absolute Gasteiger partial charge is 0.297 e. The molecule has 5 aromatic rings. The van der Waals surface area contributed by atoms with Gasteiger partial charge in [0.25, 0.3) is 5.56 Å². The third-order valence-corrected chi connectivity index (χ3v) is 6.94. The van der Waals surface area contributed by atoms with Crippen molar-refractivity contribution in [2.45, 2.75) is 25.5 Å². The molecule has 0 bridgehead atoms. The van der Waals surface area contributed by atoms with Gasteiger partial charge in [0.1, 0.15) is 17.6 Å².